The van der Waals surface area contributed by atoms with Crippen LogP contribution in [0.1, 0.15) is 54.7 Å². The number of nitrogens with zero attached hydrogens (tertiary/aromatic N) is 3. The molecule has 9 heteroatoms. The summed E-state index contributed by atoms with van der Waals surface area (Å²) in [6.07, 6.45) is 6.36. The summed E-state index contributed by atoms with van der Waals surface area (Å²) in [5, 5.41) is 18.1. The van der Waals surface area contributed by atoms with E-state index < -0.39 is 4.92 Å². The van der Waals surface area contributed by atoms with Crippen LogP contribution < -0.4 is 14.8 Å². The highest BCUT2D eigenvalue weighted by molar-refractivity contribution is 5.92. The summed E-state index contributed by atoms with van der Waals surface area (Å²) in [5.41, 5.74) is 1.74. The van der Waals surface area contributed by atoms with E-state index in [9.17, 15) is 14.9 Å². The lowest BCUT2D eigenvalue weighted by Crippen LogP contribution is -2.27. The third-order valence-electron chi connectivity index (χ3n) is 5.78. The lowest BCUT2D eigenvalue weighted by atomic mass is 10.1. The molecule has 0 bridgehead atoms. The molecule has 1 fully saturated rings. The summed E-state index contributed by atoms with van der Waals surface area (Å²) in [7, 11) is 1.61. The second-order valence-corrected chi connectivity index (χ2v) is 8.05. The first-order valence-corrected chi connectivity index (χ1v) is 10.9. The van der Waals surface area contributed by atoms with Crippen molar-refractivity contribution in [3.05, 3.63) is 76.1 Å². The second-order valence-electron chi connectivity index (χ2n) is 8.05. The van der Waals surface area contributed by atoms with Crippen molar-refractivity contribution in [1.29, 1.82) is 0 Å². The van der Waals surface area contributed by atoms with Crippen LogP contribution in [0.3, 0.4) is 0 Å². The molecular formula is C24H26N4O5. The van der Waals surface area contributed by atoms with Gasteiger partial charge in [-0.15, -0.1) is 0 Å². The summed E-state index contributed by atoms with van der Waals surface area (Å²) < 4.78 is 13.1. The number of benzene rings is 2. The Balaban J connectivity index is 1.42. The largest absolute Gasteiger partial charge is 0.493 e. The maximum atomic E-state index is 12.7. The van der Waals surface area contributed by atoms with E-state index in [-0.39, 0.29) is 29.4 Å². The van der Waals surface area contributed by atoms with Crippen molar-refractivity contribution in [2.45, 2.75) is 44.8 Å². The quantitative estimate of drug-likeness (QED) is 0.397. The molecule has 1 heterocycles. The number of ether oxygens (including phenoxy) is 2. The van der Waals surface area contributed by atoms with Crippen LogP contribution in [0.25, 0.3) is 5.69 Å². The topological polar surface area (TPSA) is 109 Å². The van der Waals surface area contributed by atoms with Crippen LogP contribution in [-0.2, 0) is 0 Å². The molecule has 4 rings (SSSR count). The van der Waals surface area contributed by atoms with Crippen molar-refractivity contribution >= 4 is 11.6 Å². The van der Waals surface area contributed by atoms with Gasteiger partial charge >= 0.3 is 0 Å². The van der Waals surface area contributed by atoms with Gasteiger partial charge in [0.15, 0.2) is 17.2 Å². The zero-order chi connectivity index (χ0) is 23.4. The Kier molecular flexibility index (Phi) is 6.58. The van der Waals surface area contributed by atoms with Gasteiger partial charge in [0.05, 0.1) is 29.9 Å². The number of non-ortho nitro benzene ring substituents is 1. The monoisotopic (exact) mass is 450 g/mol. The number of hydrogen-bond acceptors (Lipinski definition) is 6. The molecule has 1 aromatic heterocycles. The number of nitro benzene ring substituents is 1. The number of nitrogens with one attached hydrogen (secondary N) is 1. The molecule has 1 atom stereocenters. The Morgan fingerprint density at radius 2 is 1.88 bits per heavy atom. The average Bonchev–Trinajstić information content (AvgIpc) is 3.52. The minimum Gasteiger partial charge on any atom is -0.493 e. The molecule has 1 saturated carbocycles. The molecule has 2 aromatic carbocycles. The van der Waals surface area contributed by atoms with E-state index in [0.717, 1.165) is 18.4 Å². The molecule has 1 aliphatic carbocycles. The molecule has 1 amide bonds. The summed E-state index contributed by atoms with van der Waals surface area (Å²) >= 11 is 0. The predicted octanol–water partition coefficient (Wildman–Crippen LogP) is 4.60. The first-order chi connectivity index (χ1) is 15.9. The molecule has 9 nitrogen and oxygen atoms in total. The SMILES string of the molecule is COc1cc(C(C)NC(=O)c2ccn(-c3ccc([N+](=O)[O-])cc3)n2)ccc1OC1CCCC1. The Bertz CT molecular complexity index is 1140. The van der Waals surface area contributed by atoms with Gasteiger partial charge in [-0.1, -0.05) is 6.07 Å². The van der Waals surface area contributed by atoms with Crippen molar-refractivity contribution in [3.8, 4) is 17.2 Å². The molecule has 172 valence electrons. The van der Waals surface area contributed by atoms with E-state index in [0.29, 0.717) is 17.2 Å². The maximum Gasteiger partial charge on any atom is 0.272 e. The molecule has 1 N–H and O–H groups in total. The Morgan fingerprint density at radius 3 is 2.55 bits per heavy atom. The number of hydrogen-bond donors (Lipinski definition) is 1. The third-order valence-corrected chi connectivity index (χ3v) is 5.78. The minimum absolute atomic E-state index is 0.00668. The van der Waals surface area contributed by atoms with Crippen LogP contribution in [0.2, 0.25) is 0 Å². The van der Waals surface area contributed by atoms with Gasteiger partial charge in [0.1, 0.15) is 0 Å². The maximum absolute atomic E-state index is 12.7. The van der Waals surface area contributed by atoms with E-state index in [1.54, 1.807) is 31.5 Å². The van der Waals surface area contributed by atoms with Crippen molar-refractivity contribution < 1.29 is 19.2 Å². The molecular weight excluding hydrogens is 424 g/mol. The van der Waals surface area contributed by atoms with E-state index in [2.05, 4.69) is 10.4 Å². The van der Waals surface area contributed by atoms with Gasteiger partial charge in [0.2, 0.25) is 0 Å². The van der Waals surface area contributed by atoms with Crippen LogP contribution in [0.5, 0.6) is 11.5 Å². The number of carbonyl (C=O) groups excluding carboxylic acids is 1. The van der Waals surface area contributed by atoms with Gasteiger partial charge in [-0.2, -0.15) is 5.10 Å². The second kappa shape index (κ2) is 9.72. The van der Waals surface area contributed by atoms with Gasteiger partial charge < -0.3 is 14.8 Å². The first kappa shape index (κ1) is 22.3. The number of carbonyl (C=O) groups is 1. The van der Waals surface area contributed by atoms with Crippen molar-refractivity contribution in [3.63, 3.8) is 0 Å². The molecule has 3 aromatic rings. The van der Waals surface area contributed by atoms with Gasteiger partial charge in [-0.25, -0.2) is 4.68 Å². The number of nitro groups is 1. The average molecular weight is 450 g/mol. The van der Waals surface area contributed by atoms with Gasteiger partial charge in [0.25, 0.3) is 11.6 Å². The number of aromatic nitrogens is 2. The van der Waals surface area contributed by atoms with E-state index in [1.807, 2.05) is 25.1 Å². The molecule has 33 heavy (non-hydrogen) atoms. The van der Waals surface area contributed by atoms with Crippen LogP contribution in [-0.4, -0.2) is 33.8 Å². The molecule has 0 aliphatic heterocycles. The van der Waals surface area contributed by atoms with Crippen LogP contribution in [0.15, 0.2) is 54.7 Å². The van der Waals surface area contributed by atoms with Gasteiger partial charge in [-0.3, -0.25) is 14.9 Å². The zero-order valence-corrected chi connectivity index (χ0v) is 18.6. The van der Waals surface area contributed by atoms with Crippen LogP contribution >= 0.6 is 0 Å². The van der Waals surface area contributed by atoms with Crippen molar-refractivity contribution in [2.24, 2.45) is 0 Å². The fraction of sp³-hybridized carbons (Fsp3) is 0.333. The fourth-order valence-corrected chi connectivity index (χ4v) is 3.91. The number of rotatable bonds is 8. The molecule has 0 spiro atoms. The lowest BCUT2D eigenvalue weighted by molar-refractivity contribution is -0.384. The highest BCUT2D eigenvalue weighted by Gasteiger charge is 2.20. The number of methoxy groups -OCH3 is 1. The molecule has 0 saturated heterocycles. The summed E-state index contributed by atoms with van der Waals surface area (Å²) in [5.74, 6) is 1.03. The smallest absolute Gasteiger partial charge is 0.272 e. The molecule has 0 radical (unpaired) electrons. The fourth-order valence-electron chi connectivity index (χ4n) is 3.91. The van der Waals surface area contributed by atoms with Crippen LogP contribution in [0, 0.1) is 10.1 Å². The number of amides is 1. The Labute approximate surface area is 191 Å². The highest BCUT2D eigenvalue weighted by Crippen LogP contribution is 2.33. The predicted molar refractivity (Wildman–Crippen MR) is 122 cm³/mol. The van der Waals surface area contributed by atoms with Gasteiger partial charge in [-0.05, 0) is 68.5 Å². The van der Waals surface area contributed by atoms with E-state index >= 15 is 0 Å². The normalized spacial score (nSPS) is 14.6. The zero-order valence-electron chi connectivity index (χ0n) is 18.6. The summed E-state index contributed by atoms with van der Waals surface area (Å²) in [4.78, 5) is 23.1. The minimum atomic E-state index is -0.463. The standard InChI is InChI=1S/C24H26N4O5/c1-16(17-7-12-22(23(15-17)32-2)33-20-5-3-4-6-20)25-24(29)21-13-14-27(26-21)18-8-10-19(11-9-18)28(30)31/h7-16,20H,3-6H2,1-2H3,(H,25,29). The summed E-state index contributed by atoms with van der Waals surface area (Å²) in [6.45, 7) is 1.89. The first-order valence-electron chi connectivity index (χ1n) is 10.9. The van der Waals surface area contributed by atoms with Gasteiger partial charge in [0, 0.05) is 18.3 Å². The molecule has 1 aliphatic rings. The lowest BCUT2D eigenvalue weighted by Gasteiger charge is -2.19. The molecule has 1 unspecified atom stereocenters. The highest BCUT2D eigenvalue weighted by atomic mass is 16.6. The van der Waals surface area contributed by atoms with Crippen LogP contribution in [0.4, 0.5) is 5.69 Å². The Morgan fingerprint density at radius 1 is 1.15 bits per heavy atom. The van der Waals surface area contributed by atoms with E-state index in [1.165, 1.54) is 29.7 Å². The summed E-state index contributed by atoms with van der Waals surface area (Å²) in [6, 6.07) is 13.0. The van der Waals surface area contributed by atoms with Crippen molar-refractivity contribution in [1.82, 2.24) is 15.1 Å². The van der Waals surface area contributed by atoms with Crippen molar-refractivity contribution in [2.75, 3.05) is 7.11 Å². The van der Waals surface area contributed by atoms with E-state index in [4.69, 9.17) is 9.47 Å². The Hall–Kier alpha value is -3.88. The third kappa shape index (κ3) is 5.14.